The molecule has 0 saturated carbocycles. The zero-order chi connectivity index (χ0) is 20.7. The van der Waals surface area contributed by atoms with Gasteiger partial charge in [-0.2, -0.15) is 0 Å². The Bertz CT molecular complexity index is 1000. The van der Waals surface area contributed by atoms with E-state index in [2.05, 4.69) is 29.4 Å². The molecule has 0 radical (unpaired) electrons. The number of carboxylic acid groups (broad SMARTS) is 1. The molecule has 2 unspecified atom stereocenters. The first-order valence-corrected chi connectivity index (χ1v) is 11.6. The number of hydrogen-bond donors (Lipinski definition) is 3. The van der Waals surface area contributed by atoms with Crippen molar-refractivity contribution in [2.24, 2.45) is 0 Å². The Hall–Kier alpha value is -2.46. The minimum Gasteiger partial charge on any atom is -0.480 e. The van der Waals surface area contributed by atoms with Crippen LogP contribution in [0, 0.1) is 0 Å². The standard InChI is InChI=1S/C23H26NO4P/c25-23(26)22(24-29(27,28)17-18-9-2-1-3-10-18)16-7-5-12-20-14-8-13-19-11-4-6-15-21(19)20/h1-4,6,8-11,13-15,22H,5,7,12,16-17H2,(H,25,26)(H2,24,27,28). The molecule has 0 amide bonds. The predicted octanol–water partition coefficient (Wildman–Crippen LogP) is 4.98. The van der Waals surface area contributed by atoms with Crippen molar-refractivity contribution < 1.29 is 19.4 Å². The maximum Gasteiger partial charge on any atom is 0.321 e. The SMILES string of the molecule is O=C(O)C(CCCCc1cccc2ccccc12)NP(=O)(O)Cc1ccccc1. The van der Waals surface area contributed by atoms with Crippen LogP contribution in [0.5, 0.6) is 0 Å². The third-order valence-electron chi connectivity index (χ3n) is 4.96. The molecule has 2 atom stereocenters. The summed E-state index contributed by atoms with van der Waals surface area (Å²) >= 11 is 0. The number of rotatable bonds is 10. The first kappa shape index (κ1) is 21.3. The molecule has 0 fully saturated rings. The molecule has 3 aromatic rings. The van der Waals surface area contributed by atoms with Gasteiger partial charge in [-0.3, -0.25) is 9.36 Å². The smallest absolute Gasteiger partial charge is 0.321 e. The van der Waals surface area contributed by atoms with Crippen LogP contribution < -0.4 is 5.09 Å². The molecule has 0 saturated heterocycles. The number of nitrogens with one attached hydrogen (secondary N) is 1. The number of aryl methyl sites for hydroxylation is 1. The summed E-state index contributed by atoms with van der Waals surface area (Å²) in [5, 5.41) is 14.4. The average Bonchev–Trinajstić information content (AvgIpc) is 2.70. The molecule has 29 heavy (non-hydrogen) atoms. The second kappa shape index (κ2) is 9.84. The summed E-state index contributed by atoms with van der Waals surface area (Å²) in [6.07, 6.45) is 2.52. The summed E-state index contributed by atoms with van der Waals surface area (Å²) in [5.74, 6) is -1.10. The fourth-order valence-corrected chi connectivity index (χ4v) is 5.06. The molecular weight excluding hydrogens is 385 g/mol. The highest BCUT2D eigenvalue weighted by molar-refractivity contribution is 7.55. The Morgan fingerprint density at radius 3 is 2.38 bits per heavy atom. The Morgan fingerprint density at radius 2 is 1.62 bits per heavy atom. The predicted molar refractivity (Wildman–Crippen MR) is 116 cm³/mol. The van der Waals surface area contributed by atoms with Gasteiger partial charge in [-0.15, -0.1) is 0 Å². The highest BCUT2D eigenvalue weighted by Gasteiger charge is 2.27. The van der Waals surface area contributed by atoms with Crippen molar-refractivity contribution in [1.29, 1.82) is 0 Å². The first-order chi connectivity index (χ1) is 13.9. The van der Waals surface area contributed by atoms with E-state index in [9.17, 15) is 19.4 Å². The van der Waals surface area contributed by atoms with Gasteiger partial charge in [0.1, 0.15) is 6.04 Å². The molecule has 3 N–H and O–H groups in total. The van der Waals surface area contributed by atoms with Crippen molar-refractivity contribution in [3.8, 4) is 0 Å². The molecular formula is C23H26NO4P. The second-order valence-electron chi connectivity index (χ2n) is 7.25. The molecule has 0 aromatic heterocycles. The number of carbonyl (C=O) groups is 1. The van der Waals surface area contributed by atoms with Crippen molar-refractivity contribution in [2.45, 2.75) is 37.9 Å². The summed E-state index contributed by atoms with van der Waals surface area (Å²) in [6, 6.07) is 22.3. The van der Waals surface area contributed by atoms with Gasteiger partial charge in [0.15, 0.2) is 0 Å². The van der Waals surface area contributed by atoms with Crippen LogP contribution in [0.15, 0.2) is 72.8 Å². The maximum absolute atomic E-state index is 12.5. The van der Waals surface area contributed by atoms with Crippen molar-refractivity contribution in [3.63, 3.8) is 0 Å². The average molecular weight is 411 g/mol. The van der Waals surface area contributed by atoms with E-state index in [0.717, 1.165) is 12.8 Å². The lowest BCUT2D eigenvalue weighted by atomic mass is 9.99. The Kier molecular flexibility index (Phi) is 7.21. The van der Waals surface area contributed by atoms with Gasteiger partial charge < -0.3 is 10.00 Å². The first-order valence-electron chi connectivity index (χ1n) is 9.77. The van der Waals surface area contributed by atoms with E-state index >= 15 is 0 Å². The van der Waals surface area contributed by atoms with Gasteiger partial charge in [-0.05, 0) is 41.2 Å². The van der Waals surface area contributed by atoms with Gasteiger partial charge in [0.25, 0.3) is 7.52 Å². The number of hydrogen-bond acceptors (Lipinski definition) is 2. The zero-order valence-electron chi connectivity index (χ0n) is 16.2. The Morgan fingerprint density at radius 1 is 0.931 bits per heavy atom. The van der Waals surface area contributed by atoms with Crippen LogP contribution in [0.3, 0.4) is 0 Å². The van der Waals surface area contributed by atoms with E-state index in [1.807, 2.05) is 24.3 Å². The van der Waals surface area contributed by atoms with Crippen molar-refractivity contribution in [2.75, 3.05) is 0 Å². The highest BCUT2D eigenvalue weighted by atomic mass is 31.2. The summed E-state index contributed by atoms with van der Waals surface area (Å²) < 4.78 is 12.5. The molecule has 3 aromatic carbocycles. The molecule has 0 bridgehead atoms. The van der Waals surface area contributed by atoms with Crippen LogP contribution in [0.4, 0.5) is 0 Å². The minimum atomic E-state index is -3.79. The summed E-state index contributed by atoms with van der Waals surface area (Å²) in [7, 11) is -3.79. The lowest BCUT2D eigenvalue weighted by Crippen LogP contribution is -2.34. The van der Waals surface area contributed by atoms with Crippen LogP contribution in [0.1, 0.15) is 30.4 Å². The lowest BCUT2D eigenvalue weighted by Gasteiger charge is -2.19. The molecule has 0 aliphatic rings. The largest absolute Gasteiger partial charge is 0.480 e. The Labute approximate surface area is 170 Å². The third-order valence-corrected chi connectivity index (χ3v) is 6.47. The fourth-order valence-electron chi connectivity index (χ4n) is 3.54. The summed E-state index contributed by atoms with van der Waals surface area (Å²) in [4.78, 5) is 21.8. The lowest BCUT2D eigenvalue weighted by molar-refractivity contribution is -0.139. The van der Waals surface area contributed by atoms with Crippen LogP contribution in [-0.2, 0) is 21.9 Å². The van der Waals surface area contributed by atoms with Crippen LogP contribution in [0.25, 0.3) is 10.8 Å². The van der Waals surface area contributed by atoms with Gasteiger partial charge in [0, 0.05) is 0 Å². The third kappa shape index (κ3) is 6.26. The molecule has 0 aliphatic heterocycles. The molecule has 0 aliphatic carbocycles. The monoisotopic (exact) mass is 411 g/mol. The topological polar surface area (TPSA) is 86.6 Å². The molecule has 0 heterocycles. The number of carboxylic acids is 1. The molecule has 6 heteroatoms. The van der Waals surface area contributed by atoms with Gasteiger partial charge in [-0.1, -0.05) is 79.2 Å². The quantitative estimate of drug-likeness (QED) is 0.324. The van der Waals surface area contributed by atoms with E-state index in [-0.39, 0.29) is 6.16 Å². The number of benzene rings is 3. The van der Waals surface area contributed by atoms with Gasteiger partial charge in [0.05, 0.1) is 6.16 Å². The van der Waals surface area contributed by atoms with E-state index in [4.69, 9.17) is 0 Å². The van der Waals surface area contributed by atoms with E-state index in [1.165, 1.54) is 16.3 Å². The van der Waals surface area contributed by atoms with Gasteiger partial charge >= 0.3 is 5.97 Å². The Balaban J connectivity index is 1.54. The van der Waals surface area contributed by atoms with Crippen LogP contribution in [0.2, 0.25) is 0 Å². The minimum absolute atomic E-state index is 0.0897. The summed E-state index contributed by atoms with van der Waals surface area (Å²) in [6.45, 7) is 0. The second-order valence-corrected chi connectivity index (χ2v) is 9.23. The number of unbranched alkanes of at least 4 members (excludes halogenated alkanes) is 1. The highest BCUT2D eigenvalue weighted by Crippen LogP contribution is 2.40. The van der Waals surface area contributed by atoms with Gasteiger partial charge in [0.2, 0.25) is 0 Å². The zero-order valence-corrected chi connectivity index (χ0v) is 17.1. The molecule has 5 nitrogen and oxygen atoms in total. The maximum atomic E-state index is 12.5. The van der Waals surface area contributed by atoms with E-state index in [0.29, 0.717) is 18.4 Å². The van der Waals surface area contributed by atoms with Crippen molar-refractivity contribution >= 4 is 24.3 Å². The molecule has 0 spiro atoms. The number of aliphatic carboxylic acids is 1. The normalized spacial score (nSPS) is 14.4. The molecule has 3 rings (SSSR count). The van der Waals surface area contributed by atoms with Crippen LogP contribution in [-0.4, -0.2) is 22.0 Å². The van der Waals surface area contributed by atoms with E-state index < -0.39 is 19.5 Å². The number of fused-ring (bicyclic) bond motifs is 1. The summed E-state index contributed by atoms with van der Waals surface area (Å²) in [5.41, 5.74) is 1.94. The molecule has 152 valence electrons. The van der Waals surface area contributed by atoms with Crippen molar-refractivity contribution in [3.05, 3.63) is 83.9 Å². The fraction of sp³-hybridized carbons (Fsp3) is 0.261. The van der Waals surface area contributed by atoms with E-state index in [1.54, 1.807) is 24.3 Å². The van der Waals surface area contributed by atoms with Gasteiger partial charge in [-0.25, -0.2) is 5.09 Å². The van der Waals surface area contributed by atoms with Crippen molar-refractivity contribution in [1.82, 2.24) is 5.09 Å². The van der Waals surface area contributed by atoms with Crippen LogP contribution >= 0.6 is 7.52 Å².